The number of hydrogen-bond acceptors (Lipinski definition) is 4. The largest absolute Gasteiger partial charge is 0.354 e. The predicted octanol–water partition coefficient (Wildman–Crippen LogP) is 2.87. The first-order valence-corrected chi connectivity index (χ1v) is 9.01. The van der Waals surface area contributed by atoms with Gasteiger partial charge in [0.1, 0.15) is 10.8 Å². The Balaban J connectivity index is 1.95. The van der Waals surface area contributed by atoms with Crippen LogP contribution in [0.1, 0.15) is 27.2 Å². The average Bonchev–Trinajstić information content (AvgIpc) is 2.88. The molecular formula is C18H26FN5S. The number of benzene rings is 1. The molecule has 0 aliphatic carbocycles. The molecule has 0 radical (unpaired) electrons. The summed E-state index contributed by atoms with van der Waals surface area (Å²) >= 11 is 1.69. The Morgan fingerprint density at radius 2 is 2.08 bits per heavy atom. The van der Waals surface area contributed by atoms with Crippen LogP contribution in [0.3, 0.4) is 0 Å². The fraction of sp³-hybridized carbons (Fsp3) is 0.444. The van der Waals surface area contributed by atoms with Crippen molar-refractivity contribution in [1.29, 1.82) is 0 Å². The quantitative estimate of drug-likeness (QED) is 0.612. The van der Waals surface area contributed by atoms with Gasteiger partial charge in [-0.3, -0.25) is 4.99 Å². The summed E-state index contributed by atoms with van der Waals surface area (Å²) in [6.45, 7) is 5.34. The number of aromatic nitrogens is 1. The van der Waals surface area contributed by atoms with Gasteiger partial charge in [0.25, 0.3) is 0 Å². The minimum atomic E-state index is -0.221. The van der Waals surface area contributed by atoms with E-state index in [0.717, 1.165) is 16.3 Å². The molecule has 0 saturated carbocycles. The highest BCUT2D eigenvalue weighted by atomic mass is 32.1. The highest BCUT2D eigenvalue weighted by Crippen LogP contribution is 2.18. The zero-order valence-electron chi connectivity index (χ0n) is 15.4. The van der Waals surface area contributed by atoms with Crippen molar-refractivity contribution in [2.45, 2.75) is 26.4 Å². The number of nitrogens with zero attached hydrogens (tertiary/aromatic N) is 3. The Labute approximate surface area is 153 Å². The lowest BCUT2D eigenvalue weighted by Gasteiger charge is -2.26. The molecule has 0 amide bonds. The number of aryl methyl sites for hydroxylation is 2. The zero-order chi connectivity index (χ0) is 18.4. The zero-order valence-corrected chi connectivity index (χ0v) is 16.2. The van der Waals surface area contributed by atoms with Gasteiger partial charge in [-0.05, 0) is 45.6 Å². The van der Waals surface area contributed by atoms with E-state index in [2.05, 4.69) is 32.4 Å². The van der Waals surface area contributed by atoms with E-state index in [4.69, 9.17) is 0 Å². The highest BCUT2D eigenvalue weighted by molar-refractivity contribution is 7.11. The number of aliphatic imine (C=N–C) groups is 1. The lowest BCUT2D eigenvalue weighted by molar-refractivity contribution is 0.297. The summed E-state index contributed by atoms with van der Waals surface area (Å²) in [7, 11) is 5.70. The van der Waals surface area contributed by atoms with Crippen LogP contribution in [-0.4, -0.2) is 43.5 Å². The average molecular weight is 364 g/mol. The third-order valence-corrected chi connectivity index (χ3v) is 5.10. The van der Waals surface area contributed by atoms with E-state index in [9.17, 15) is 4.39 Å². The first kappa shape index (κ1) is 19.3. The maximum atomic E-state index is 13.5. The summed E-state index contributed by atoms with van der Waals surface area (Å²) in [6.07, 6.45) is 0. The molecule has 5 nitrogen and oxygen atoms in total. The number of nitrogens with one attached hydrogen (secondary N) is 2. The monoisotopic (exact) mass is 363 g/mol. The molecule has 1 aromatic carbocycles. The maximum Gasteiger partial charge on any atom is 0.191 e. The predicted molar refractivity (Wildman–Crippen MR) is 103 cm³/mol. The highest BCUT2D eigenvalue weighted by Gasteiger charge is 2.15. The van der Waals surface area contributed by atoms with E-state index >= 15 is 0 Å². The summed E-state index contributed by atoms with van der Waals surface area (Å²) in [6, 6.07) is 6.75. The second kappa shape index (κ2) is 8.92. The van der Waals surface area contributed by atoms with E-state index in [1.165, 1.54) is 10.9 Å². The van der Waals surface area contributed by atoms with E-state index in [0.29, 0.717) is 19.0 Å². The van der Waals surface area contributed by atoms with Crippen molar-refractivity contribution in [1.82, 2.24) is 20.5 Å². The molecular weight excluding hydrogens is 337 g/mol. The lowest BCUT2D eigenvalue weighted by atomic mass is 10.1. The van der Waals surface area contributed by atoms with Crippen molar-refractivity contribution in [2.75, 3.05) is 27.7 Å². The third-order valence-electron chi connectivity index (χ3n) is 4.02. The van der Waals surface area contributed by atoms with Crippen molar-refractivity contribution in [3.8, 4) is 0 Å². The number of likely N-dealkylation sites (N-methyl/N-ethyl adjacent to an activating group) is 1. The number of rotatable bonds is 6. The van der Waals surface area contributed by atoms with Crippen LogP contribution in [0, 0.1) is 19.7 Å². The van der Waals surface area contributed by atoms with Gasteiger partial charge in [-0.15, -0.1) is 11.3 Å². The molecule has 0 aliphatic rings. The van der Waals surface area contributed by atoms with Gasteiger partial charge in [0.15, 0.2) is 5.96 Å². The minimum absolute atomic E-state index is 0.0404. The van der Waals surface area contributed by atoms with Gasteiger partial charge < -0.3 is 15.5 Å². The number of hydrogen-bond donors (Lipinski definition) is 2. The fourth-order valence-corrected chi connectivity index (χ4v) is 3.37. The fourth-order valence-electron chi connectivity index (χ4n) is 2.50. The Bertz CT molecular complexity index is 707. The normalized spacial score (nSPS) is 13.2. The van der Waals surface area contributed by atoms with Crippen LogP contribution in [0.5, 0.6) is 0 Å². The van der Waals surface area contributed by atoms with Crippen LogP contribution in [0.25, 0.3) is 0 Å². The lowest BCUT2D eigenvalue weighted by Crippen LogP contribution is -2.41. The van der Waals surface area contributed by atoms with Gasteiger partial charge in [-0.1, -0.05) is 12.1 Å². The van der Waals surface area contributed by atoms with Crippen molar-refractivity contribution < 1.29 is 4.39 Å². The van der Waals surface area contributed by atoms with Crippen molar-refractivity contribution >= 4 is 17.3 Å². The molecule has 7 heteroatoms. The molecule has 0 aliphatic heterocycles. The molecule has 1 unspecified atom stereocenters. The van der Waals surface area contributed by atoms with Crippen LogP contribution < -0.4 is 10.6 Å². The van der Waals surface area contributed by atoms with Crippen molar-refractivity contribution in [3.05, 3.63) is 51.2 Å². The summed E-state index contributed by atoms with van der Waals surface area (Å²) in [4.78, 5) is 12.1. The van der Waals surface area contributed by atoms with Gasteiger partial charge >= 0.3 is 0 Å². The Morgan fingerprint density at radius 1 is 1.32 bits per heavy atom. The second-order valence-corrected chi connectivity index (χ2v) is 7.38. The molecule has 2 aromatic rings. The molecule has 1 atom stereocenters. The summed E-state index contributed by atoms with van der Waals surface area (Å²) in [5.41, 5.74) is 2.00. The van der Waals surface area contributed by atoms with Crippen LogP contribution in [-0.2, 0) is 6.54 Å². The van der Waals surface area contributed by atoms with Crippen LogP contribution in [0.4, 0.5) is 4.39 Å². The van der Waals surface area contributed by atoms with Crippen molar-refractivity contribution in [3.63, 3.8) is 0 Å². The molecule has 0 bridgehead atoms. The van der Waals surface area contributed by atoms with E-state index in [-0.39, 0.29) is 11.9 Å². The molecule has 2 rings (SSSR count). The molecule has 2 N–H and O–H groups in total. The van der Waals surface area contributed by atoms with Gasteiger partial charge in [0.2, 0.25) is 0 Å². The number of halogens is 1. The molecule has 25 heavy (non-hydrogen) atoms. The Morgan fingerprint density at radius 3 is 2.64 bits per heavy atom. The number of thiazole rings is 1. The van der Waals surface area contributed by atoms with Gasteiger partial charge in [-0.25, -0.2) is 9.37 Å². The number of guanidine groups is 1. The van der Waals surface area contributed by atoms with Gasteiger partial charge in [-0.2, -0.15) is 0 Å². The van der Waals surface area contributed by atoms with Gasteiger partial charge in [0.05, 0.1) is 18.3 Å². The molecule has 1 aromatic heterocycles. The summed E-state index contributed by atoms with van der Waals surface area (Å²) < 4.78 is 13.5. The van der Waals surface area contributed by atoms with E-state index in [1.54, 1.807) is 30.5 Å². The van der Waals surface area contributed by atoms with Crippen molar-refractivity contribution in [2.24, 2.45) is 4.99 Å². The third kappa shape index (κ3) is 5.51. The first-order chi connectivity index (χ1) is 11.9. The SMILES string of the molecule is CN=C(NCc1nc(C)c(C)s1)NCC(c1cccc(F)c1)N(C)C. The molecule has 136 valence electrons. The Kier molecular flexibility index (Phi) is 6.90. The van der Waals surface area contributed by atoms with Crippen LogP contribution in [0.2, 0.25) is 0 Å². The topological polar surface area (TPSA) is 52.6 Å². The van der Waals surface area contributed by atoms with E-state index in [1.807, 2.05) is 27.1 Å². The van der Waals surface area contributed by atoms with Crippen LogP contribution >= 0.6 is 11.3 Å². The van der Waals surface area contributed by atoms with Gasteiger partial charge in [0, 0.05) is 18.5 Å². The summed E-state index contributed by atoms with van der Waals surface area (Å²) in [5, 5.41) is 7.62. The second-order valence-electron chi connectivity index (χ2n) is 6.09. The first-order valence-electron chi connectivity index (χ1n) is 8.20. The minimum Gasteiger partial charge on any atom is -0.354 e. The molecule has 1 heterocycles. The standard InChI is InChI=1S/C18H26FN5S/c1-12-13(2)25-17(23-12)11-22-18(20-3)21-10-16(24(4)5)14-7-6-8-15(19)9-14/h6-9,16H,10-11H2,1-5H3,(H2,20,21,22). The molecule has 0 fully saturated rings. The molecule has 0 spiro atoms. The van der Waals surface area contributed by atoms with Crippen LogP contribution in [0.15, 0.2) is 29.3 Å². The Hall–Kier alpha value is -1.99. The summed E-state index contributed by atoms with van der Waals surface area (Å²) in [5.74, 6) is 0.482. The van der Waals surface area contributed by atoms with E-state index < -0.39 is 0 Å². The maximum absolute atomic E-state index is 13.5. The molecule has 0 saturated heterocycles. The smallest absolute Gasteiger partial charge is 0.191 e.